The fraction of sp³-hybridized carbons (Fsp3) is 0.759. The summed E-state index contributed by atoms with van der Waals surface area (Å²) in [7, 11) is -2.14. The van der Waals surface area contributed by atoms with Crippen LogP contribution in [0.3, 0.4) is 0 Å². The fourth-order valence-electron chi connectivity index (χ4n) is 6.21. The normalized spacial score (nSPS) is 18.4. The van der Waals surface area contributed by atoms with E-state index in [9.17, 15) is 17.6 Å². The summed E-state index contributed by atoms with van der Waals surface area (Å²) in [6.45, 7) is 10.6. The standard InChI is InChI=1S/C29H50FN5O5S/c1-29(2,3)27(13-15-31-28(36)37)34(22-23-9-6-5-7-10-23)16-8-14-32-41(38,39)35-19-17-33(18-20-35)25-12-11-24(30)21-26(25)40-4/h11-12,21,23,27,31-32H,5-10,13-20,22H2,1-4H3,(H,36,37). The molecule has 1 atom stereocenters. The lowest BCUT2D eigenvalue weighted by Crippen LogP contribution is -2.52. The van der Waals surface area contributed by atoms with Crippen LogP contribution in [0, 0.1) is 17.2 Å². The molecular weight excluding hydrogens is 549 g/mol. The Morgan fingerprint density at radius 3 is 2.44 bits per heavy atom. The Morgan fingerprint density at radius 2 is 1.83 bits per heavy atom. The molecule has 2 fully saturated rings. The van der Waals surface area contributed by atoms with Gasteiger partial charge < -0.3 is 20.1 Å². The first kappa shape index (κ1) is 33.4. The van der Waals surface area contributed by atoms with Gasteiger partial charge in [0.15, 0.2) is 0 Å². The van der Waals surface area contributed by atoms with Crippen molar-refractivity contribution in [1.82, 2.24) is 19.2 Å². The van der Waals surface area contributed by atoms with Crippen LogP contribution >= 0.6 is 0 Å². The van der Waals surface area contributed by atoms with Gasteiger partial charge >= 0.3 is 6.09 Å². The van der Waals surface area contributed by atoms with Gasteiger partial charge in [0, 0.05) is 57.9 Å². The summed E-state index contributed by atoms with van der Waals surface area (Å²) in [6, 6.07) is 4.56. The highest BCUT2D eigenvalue weighted by Crippen LogP contribution is 2.32. The van der Waals surface area contributed by atoms with Gasteiger partial charge in [-0.3, -0.25) is 4.90 Å². The molecular formula is C29H50FN5O5S. The molecule has 12 heteroatoms. The number of nitrogens with zero attached hydrogens (tertiary/aromatic N) is 3. The summed E-state index contributed by atoms with van der Waals surface area (Å²) in [5, 5.41) is 11.6. The largest absolute Gasteiger partial charge is 0.494 e. The van der Waals surface area contributed by atoms with Crippen molar-refractivity contribution in [3.63, 3.8) is 0 Å². The smallest absolute Gasteiger partial charge is 0.404 e. The monoisotopic (exact) mass is 599 g/mol. The van der Waals surface area contributed by atoms with E-state index >= 15 is 0 Å². The van der Waals surface area contributed by atoms with Gasteiger partial charge in [-0.1, -0.05) is 40.0 Å². The van der Waals surface area contributed by atoms with Gasteiger partial charge in [0.05, 0.1) is 12.8 Å². The van der Waals surface area contributed by atoms with Crippen molar-refractivity contribution >= 4 is 22.0 Å². The lowest BCUT2D eigenvalue weighted by molar-refractivity contribution is 0.0678. The molecule has 1 unspecified atom stereocenters. The minimum absolute atomic E-state index is 0.0543. The molecule has 0 radical (unpaired) electrons. The summed E-state index contributed by atoms with van der Waals surface area (Å²) in [4.78, 5) is 15.6. The highest BCUT2D eigenvalue weighted by molar-refractivity contribution is 7.87. The van der Waals surface area contributed by atoms with Gasteiger partial charge in [-0.15, -0.1) is 0 Å². The molecule has 1 heterocycles. The zero-order valence-electron chi connectivity index (χ0n) is 25.2. The summed E-state index contributed by atoms with van der Waals surface area (Å²) in [5.74, 6) is 0.678. The van der Waals surface area contributed by atoms with Crippen molar-refractivity contribution in [2.24, 2.45) is 11.3 Å². The van der Waals surface area contributed by atoms with Crippen LogP contribution in [0.15, 0.2) is 18.2 Å². The number of amides is 1. The SMILES string of the molecule is COc1cc(F)ccc1N1CCN(S(=O)(=O)NCCCN(CC2CCCCC2)C(CCNC(=O)O)C(C)(C)C)CC1. The molecule has 0 aromatic heterocycles. The van der Waals surface area contributed by atoms with E-state index in [-0.39, 0.29) is 17.3 Å². The molecule has 1 aliphatic carbocycles. The zero-order valence-corrected chi connectivity index (χ0v) is 26.0. The Balaban J connectivity index is 1.55. The van der Waals surface area contributed by atoms with Crippen LogP contribution < -0.4 is 19.7 Å². The number of anilines is 1. The lowest BCUT2D eigenvalue weighted by Gasteiger charge is -2.42. The predicted molar refractivity (Wildman–Crippen MR) is 160 cm³/mol. The first-order chi connectivity index (χ1) is 19.4. The fourth-order valence-corrected chi connectivity index (χ4v) is 7.44. The number of methoxy groups -OCH3 is 1. The summed E-state index contributed by atoms with van der Waals surface area (Å²) < 4.78 is 49.4. The van der Waals surface area contributed by atoms with Crippen molar-refractivity contribution in [2.75, 3.05) is 64.4 Å². The number of hydrogen-bond donors (Lipinski definition) is 3. The highest BCUT2D eigenvalue weighted by Gasteiger charge is 2.32. The second kappa shape index (κ2) is 15.4. The van der Waals surface area contributed by atoms with Gasteiger partial charge in [-0.2, -0.15) is 12.7 Å². The van der Waals surface area contributed by atoms with Crippen LogP contribution in [-0.4, -0.2) is 94.3 Å². The van der Waals surface area contributed by atoms with Crippen LogP contribution in [0.25, 0.3) is 0 Å². The molecule has 234 valence electrons. The molecule has 1 saturated heterocycles. The number of carboxylic acid groups (broad SMARTS) is 1. The number of hydrogen-bond acceptors (Lipinski definition) is 6. The van der Waals surface area contributed by atoms with Crippen LogP contribution in [-0.2, 0) is 10.2 Å². The summed E-state index contributed by atoms with van der Waals surface area (Å²) in [5.41, 5.74) is 0.699. The first-order valence-corrected chi connectivity index (χ1v) is 16.4. The van der Waals surface area contributed by atoms with Crippen LogP contribution in [0.1, 0.15) is 65.7 Å². The average molecular weight is 600 g/mol. The Hall–Kier alpha value is -2.15. The molecule has 2 aliphatic rings. The van der Waals surface area contributed by atoms with E-state index in [2.05, 4.69) is 35.7 Å². The Labute approximate surface area is 245 Å². The average Bonchev–Trinajstić information content (AvgIpc) is 2.92. The van der Waals surface area contributed by atoms with Gasteiger partial charge in [-0.05, 0) is 55.7 Å². The summed E-state index contributed by atoms with van der Waals surface area (Å²) >= 11 is 0. The molecule has 10 nitrogen and oxygen atoms in total. The van der Waals surface area contributed by atoms with E-state index < -0.39 is 16.3 Å². The Kier molecular flexibility index (Phi) is 12.5. The third-order valence-electron chi connectivity index (χ3n) is 8.32. The maximum absolute atomic E-state index is 13.6. The van der Waals surface area contributed by atoms with E-state index in [1.807, 2.05) is 4.90 Å². The number of carbonyl (C=O) groups is 1. The van der Waals surface area contributed by atoms with E-state index in [1.165, 1.54) is 55.7 Å². The molecule has 1 aromatic carbocycles. The maximum atomic E-state index is 13.6. The number of benzene rings is 1. The topological polar surface area (TPSA) is 114 Å². The predicted octanol–water partition coefficient (Wildman–Crippen LogP) is 4.14. The number of halogens is 1. The molecule has 1 saturated carbocycles. The first-order valence-electron chi connectivity index (χ1n) is 14.9. The second-order valence-corrected chi connectivity index (χ2v) is 14.1. The van der Waals surface area contributed by atoms with Gasteiger partial charge in [0.25, 0.3) is 10.2 Å². The van der Waals surface area contributed by atoms with Gasteiger partial charge in [0.2, 0.25) is 0 Å². The molecule has 1 aromatic rings. The van der Waals surface area contributed by atoms with E-state index in [0.29, 0.717) is 63.8 Å². The van der Waals surface area contributed by atoms with Crippen molar-refractivity contribution < 1.29 is 27.4 Å². The third kappa shape index (κ3) is 10.3. The van der Waals surface area contributed by atoms with E-state index in [1.54, 1.807) is 6.07 Å². The lowest BCUT2D eigenvalue weighted by atomic mass is 9.81. The highest BCUT2D eigenvalue weighted by atomic mass is 32.2. The number of piperazine rings is 1. The van der Waals surface area contributed by atoms with Crippen molar-refractivity contribution in [2.45, 2.75) is 71.8 Å². The molecule has 0 bridgehead atoms. The summed E-state index contributed by atoms with van der Waals surface area (Å²) in [6.07, 6.45) is 6.57. The minimum atomic E-state index is -3.64. The Bertz CT molecular complexity index is 1070. The molecule has 1 amide bonds. The van der Waals surface area contributed by atoms with E-state index in [0.717, 1.165) is 18.8 Å². The van der Waals surface area contributed by atoms with Crippen LogP contribution in [0.4, 0.5) is 14.9 Å². The third-order valence-corrected chi connectivity index (χ3v) is 9.93. The number of nitrogens with one attached hydrogen (secondary N) is 2. The quantitative estimate of drug-likeness (QED) is 0.276. The van der Waals surface area contributed by atoms with Crippen molar-refractivity contribution in [1.29, 1.82) is 0 Å². The minimum Gasteiger partial charge on any atom is -0.494 e. The van der Waals surface area contributed by atoms with Gasteiger partial charge in [0.1, 0.15) is 11.6 Å². The zero-order chi connectivity index (χ0) is 30.0. The molecule has 0 spiro atoms. The van der Waals surface area contributed by atoms with Crippen molar-refractivity contribution in [3.05, 3.63) is 24.0 Å². The van der Waals surface area contributed by atoms with E-state index in [4.69, 9.17) is 9.84 Å². The molecule has 3 rings (SSSR count). The number of ether oxygens (including phenoxy) is 1. The second-order valence-electron chi connectivity index (χ2n) is 12.4. The molecule has 41 heavy (non-hydrogen) atoms. The van der Waals surface area contributed by atoms with Crippen molar-refractivity contribution in [3.8, 4) is 5.75 Å². The molecule has 1 aliphatic heterocycles. The number of rotatable bonds is 14. The van der Waals surface area contributed by atoms with Crippen LogP contribution in [0.2, 0.25) is 0 Å². The Morgan fingerprint density at radius 1 is 1.15 bits per heavy atom. The van der Waals surface area contributed by atoms with Gasteiger partial charge in [-0.25, -0.2) is 13.9 Å². The maximum Gasteiger partial charge on any atom is 0.404 e. The van der Waals surface area contributed by atoms with Crippen LogP contribution in [0.5, 0.6) is 5.75 Å². The molecule has 3 N–H and O–H groups in total.